The second kappa shape index (κ2) is 6.55. The molecule has 0 amide bonds. The van der Waals surface area contributed by atoms with E-state index < -0.39 is 6.29 Å². The van der Waals surface area contributed by atoms with E-state index in [0.717, 1.165) is 6.42 Å². The van der Waals surface area contributed by atoms with Gasteiger partial charge in [0.15, 0.2) is 6.29 Å². The van der Waals surface area contributed by atoms with Crippen molar-refractivity contribution in [2.45, 2.75) is 58.7 Å². The van der Waals surface area contributed by atoms with Gasteiger partial charge in [-0.15, -0.1) is 0 Å². The molecule has 96 valence electrons. The van der Waals surface area contributed by atoms with Gasteiger partial charge in [0.1, 0.15) is 0 Å². The summed E-state index contributed by atoms with van der Waals surface area (Å²) in [5, 5.41) is 9.68. The summed E-state index contributed by atoms with van der Waals surface area (Å²) in [5.41, 5.74) is 0. The number of aliphatic hydroxyl groups excluding tert-OH is 1. The van der Waals surface area contributed by atoms with Gasteiger partial charge in [0.2, 0.25) is 0 Å². The average Bonchev–Trinajstić information content (AvgIpc) is 2.58. The Morgan fingerprint density at radius 1 is 1.25 bits per heavy atom. The van der Waals surface area contributed by atoms with Crippen LogP contribution in [0.15, 0.2) is 0 Å². The van der Waals surface area contributed by atoms with Crippen LogP contribution in [0.2, 0.25) is 0 Å². The molecular formula is C12H24O4. The zero-order valence-electron chi connectivity index (χ0n) is 10.7. The highest BCUT2D eigenvalue weighted by atomic mass is 16.6. The van der Waals surface area contributed by atoms with Gasteiger partial charge in [0.25, 0.3) is 0 Å². The summed E-state index contributed by atoms with van der Waals surface area (Å²) in [5.74, 6) is 0.0288. The van der Waals surface area contributed by atoms with Crippen molar-refractivity contribution in [2.24, 2.45) is 5.92 Å². The molecule has 0 aromatic carbocycles. The molecule has 4 nitrogen and oxygen atoms in total. The Bertz CT molecular complexity index is 193. The summed E-state index contributed by atoms with van der Waals surface area (Å²) in [4.78, 5) is 0. The maximum atomic E-state index is 9.68. The Morgan fingerprint density at radius 2 is 1.94 bits per heavy atom. The number of hydrogen-bond donors (Lipinski definition) is 1. The Morgan fingerprint density at radius 3 is 2.38 bits per heavy atom. The molecule has 0 saturated carbocycles. The molecule has 0 aliphatic carbocycles. The van der Waals surface area contributed by atoms with Crippen LogP contribution in [0.1, 0.15) is 34.1 Å². The normalized spacial score (nSPS) is 27.9. The van der Waals surface area contributed by atoms with E-state index in [1.54, 1.807) is 0 Å². The van der Waals surface area contributed by atoms with Crippen molar-refractivity contribution < 1.29 is 19.3 Å². The number of rotatable bonds is 6. The molecule has 16 heavy (non-hydrogen) atoms. The van der Waals surface area contributed by atoms with Crippen LogP contribution in [-0.2, 0) is 14.2 Å². The molecule has 0 aromatic rings. The zero-order valence-corrected chi connectivity index (χ0v) is 10.7. The fourth-order valence-corrected chi connectivity index (χ4v) is 1.86. The molecule has 1 rings (SSSR count). The molecule has 0 bridgehead atoms. The molecule has 3 atom stereocenters. The van der Waals surface area contributed by atoms with Crippen molar-refractivity contribution in [1.29, 1.82) is 0 Å². The monoisotopic (exact) mass is 232 g/mol. The first kappa shape index (κ1) is 13.9. The van der Waals surface area contributed by atoms with Gasteiger partial charge in [0, 0.05) is 5.92 Å². The van der Waals surface area contributed by atoms with E-state index in [9.17, 15) is 5.11 Å². The van der Waals surface area contributed by atoms with Crippen LogP contribution >= 0.6 is 0 Å². The van der Waals surface area contributed by atoms with E-state index >= 15 is 0 Å². The maximum absolute atomic E-state index is 9.68. The van der Waals surface area contributed by atoms with Gasteiger partial charge in [0.05, 0.1) is 31.5 Å². The summed E-state index contributed by atoms with van der Waals surface area (Å²) >= 11 is 0. The fraction of sp³-hybridized carbons (Fsp3) is 1.00. The second-order valence-corrected chi connectivity index (χ2v) is 4.82. The standard InChI is InChI=1S/C12H24O4/c1-8(2)15-7-11(16-9(3)4)10-5-6-14-12(10)13/h8-13H,5-7H2,1-4H3. The minimum absolute atomic E-state index is 0.0288. The first-order valence-electron chi connectivity index (χ1n) is 6.07. The molecule has 0 radical (unpaired) electrons. The highest BCUT2D eigenvalue weighted by Crippen LogP contribution is 2.25. The van der Waals surface area contributed by atoms with Crippen molar-refractivity contribution in [3.8, 4) is 0 Å². The van der Waals surface area contributed by atoms with Crippen molar-refractivity contribution in [3.63, 3.8) is 0 Å². The summed E-state index contributed by atoms with van der Waals surface area (Å²) in [7, 11) is 0. The van der Waals surface area contributed by atoms with Crippen LogP contribution < -0.4 is 0 Å². The molecule has 1 fully saturated rings. The largest absolute Gasteiger partial charge is 0.376 e. The Hall–Kier alpha value is -0.160. The van der Waals surface area contributed by atoms with Crippen molar-refractivity contribution >= 4 is 0 Å². The van der Waals surface area contributed by atoms with Gasteiger partial charge < -0.3 is 19.3 Å². The van der Waals surface area contributed by atoms with Crippen LogP contribution in [-0.4, -0.2) is 42.9 Å². The molecular weight excluding hydrogens is 208 g/mol. The SMILES string of the molecule is CC(C)OCC(OC(C)C)C1CCOC1O. The van der Waals surface area contributed by atoms with Crippen LogP contribution in [0.25, 0.3) is 0 Å². The van der Waals surface area contributed by atoms with E-state index in [0.29, 0.717) is 13.2 Å². The lowest BCUT2D eigenvalue weighted by molar-refractivity contribution is -0.145. The number of hydrogen-bond acceptors (Lipinski definition) is 4. The molecule has 1 saturated heterocycles. The van der Waals surface area contributed by atoms with Gasteiger partial charge in [-0.05, 0) is 34.1 Å². The van der Waals surface area contributed by atoms with Gasteiger partial charge in [-0.2, -0.15) is 0 Å². The van der Waals surface area contributed by atoms with E-state index in [1.807, 2.05) is 27.7 Å². The smallest absolute Gasteiger partial charge is 0.159 e. The average molecular weight is 232 g/mol. The third kappa shape index (κ3) is 4.37. The highest BCUT2D eigenvalue weighted by molar-refractivity contribution is 4.78. The van der Waals surface area contributed by atoms with Crippen LogP contribution in [0.5, 0.6) is 0 Å². The van der Waals surface area contributed by atoms with E-state index in [4.69, 9.17) is 14.2 Å². The summed E-state index contributed by atoms with van der Waals surface area (Å²) < 4.78 is 16.5. The lowest BCUT2D eigenvalue weighted by Crippen LogP contribution is -2.36. The molecule has 4 heteroatoms. The minimum atomic E-state index is -0.709. The maximum Gasteiger partial charge on any atom is 0.159 e. The Kier molecular flexibility index (Phi) is 5.69. The summed E-state index contributed by atoms with van der Waals surface area (Å²) in [6.07, 6.45) is 0.353. The quantitative estimate of drug-likeness (QED) is 0.755. The molecule has 1 heterocycles. The van der Waals surface area contributed by atoms with Crippen LogP contribution in [0, 0.1) is 5.92 Å². The van der Waals surface area contributed by atoms with Gasteiger partial charge in [-0.25, -0.2) is 0 Å². The van der Waals surface area contributed by atoms with Crippen molar-refractivity contribution in [2.75, 3.05) is 13.2 Å². The molecule has 3 unspecified atom stereocenters. The van der Waals surface area contributed by atoms with Crippen molar-refractivity contribution in [3.05, 3.63) is 0 Å². The lowest BCUT2D eigenvalue weighted by atomic mass is 10.0. The first-order chi connectivity index (χ1) is 7.50. The highest BCUT2D eigenvalue weighted by Gasteiger charge is 2.35. The van der Waals surface area contributed by atoms with Gasteiger partial charge in [-0.3, -0.25) is 0 Å². The third-order valence-corrected chi connectivity index (χ3v) is 2.62. The van der Waals surface area contributed by atoms with E-state index in [2.05, 4.69) is 0 Å². The van der Waals surface area contributed by atoms with Crippen molar-refractivity contribution in [1.82, 2.24) is 0 Å². The predicted octanol–water partition coefficient (Wildman–Crippen LogP) is 1.56. The van der Waals surface area contributed by atoms with Gasteiger partial charge in [-0.1, -0.05) is 0 Å². The second-order valence-electron chi connectivity index (χ2n) is 4.82. The molecule has 0 spiro atoms. The predicted molar refractivity (Wildman–Crippen MR) is 61.2 cm³/mol. The Balaban J connectivity index is 2.48. The molecule has 1 aliphatic rings. The number of aliphatic hydroxyl groups is 1. The molecule has 0 aromatic heterocycles. The van der Waals surface area contributed by atoms with Crippen LogP contribution in [0.3, 0.4) is 0 Å². The number of ether oxygens (including phenoxy) is 3. The Labute approximate surface area is 97.9 Å². The first-order valence-corrected chi connectivity index (χ1v) is 6.07. The summed E-state index contributed by atoms with van der Waals surface area (Å²) in [6.45, 7) is 9.09. The van der Waals surface area contributed by atoms with Gasteiger partial charge >= 0.3 is 0 Å². The molecule has 1 aliphatic heterocycles. The zero-order chi connectivity index (χ0) is 12.1. The topological polar surface area (TPSA) is 47.9 Å². The fourth-order valence-electron chi connectivity index (χ4n) is 1.86. The van der Waals surface area contributed by atoms with Crippen LogP contribution in [0.4, 0.5) is 0 Å². The molecule has 1 N–H and O–H groups in total. The minimum Gasteiger partial charge on any atom is -0.376 e. The lowest BCUT2D eigenvalue weighted by Gasteiger charge is -2.27. The van der Waals surface area contributed by atoms with E-state index in [1.165, 1.54) is 0 Å². The van der Waals surface area contributed by atoms with E-state index in [-0.39, 0.29) is 24.2 Å². The third-order valence-electron chi connectivity index (χ3n) is 2.62. The summed E-state index contributed by atoms with van der Waals surface area (Å²) in [6, 6.07) is 0.